The first-order valence-corrected chi connectivity index (χ1v) is 7.63. The van der Waals surface area contributed by atoms with E-state index in [1.54, 1.807) is 0 Å². The molecule has 0 aliphatic heterocycles. The molecule has 0 saturated heterocycles. The van der Waals surface area contributed by atoms with E-state index in [0.29, 0.717) is 0 Å². The molecule has 2 N–H and O–H groups in total. The van der Waals surface area contributed by atoms with Gasteiger partial charge in [0.25, 0.3) is 5.91 Å². The third-order valence-corrected chi connectivity index (χ3v) is 4.83. The Labute approximate surface area is 114 Å². The van der Waals surface area contributed by atoms with Crippen LogP contribution in [0.1, 0.15) is 16.1 Å². The van der Waals surface area contributed by atoms with Gasteiger partial charge in [-0.1, -0.05) is 0 Å². The molecule has 0 aromatic carbocycles. The van der Waals surface area contributed by atoms with E-state index in [1.807, 2.05) is 0 Å². The Hall–Kier alpha value is -1.45. The summed E-state index contributed by atoms with van der Waals surface area (Å²) in [5.41, 5.74) is 0. The lowest BCUT2D eigenvalue weighted by Crippen LogP contribution is -2.28. The van der Waals surface area contributed by atoms with Crippen LogP contribution in [-0.4, -0.2) is 50.9 Å². The van der Waals surface area contributed by atoms with Gasteiger partial charge in [0.2, 0.25) is 10.0 Å². The van der Waals surface area contributed by atoms with Crippen molar-refractivity contribution in [3.05, 3.63) is 16.3 Å². The third kappa shape index (κ3) is 4.01. The average molecular weight is 306 g/mol. The predicted octanol–water partition coefficient (Wildman–Crippen LogP) is 0.203. The van der Waals surface area contributed by atoms with E-state index in [9.17, 15) is 18.0 Å². The summed E-state index contributed by atoms with van der Waals surface area (Å²) in [5.74, 6) is -1.40. The molecule has 1 heterocycles. The van der Waals surface area contributed by atoms with Gasteiger partial charge in [0, 0.05) is 19.0 Å². The number of thiophene rings is 1. The number of aliphatic carboxylic acids is 1. The van der Waals surface area contributed by atoms with Gasteiger partial charge in [-0.3, -0.25) is 9.59 Å². The number of amides is 1. The molecule has 0 fully saturated rings. The number of carboxylic acids is 1. The van der Waals surface area contributed by atoms with Gasteiger partial charge in [-0.25, -0.2) is 13.1 Å². The second-order valence-corrected chi connectivity index (χ2v) is 6.52. The molecule has 0 aliphatic rings. The molecule has 1 aromatic heterocycles. The fourth-order valence-corrected chi connectivity index (χ4v) is 3.24. The molecule has 0 radical (unpaired) electrons. The van der Waals surface area contributed by atoms with Crippen molar-refractivity contribution in [3.63, 3.8) is 0 Å². The highest BCUT2D eigenvalue weighted by Gasteiger charge is 2.19. The molecule has 106 valence electrons. The van der Waals surface area contributed by atoms with Crippen LogP contribution in [0.15, 0.2) is 16.3 Å². The Balaban J connectivity index is 2.82. The lowest BCUT2D eigenvalue weighted by molar-refractivity contribution is -0.137. The Bertz CT molecular complexity index is 578. The van der Waals surface area contributed by atoms with Gasteiger partial charge in [0.15, 0.2) is 0 Å². The lowest BCUT2D eigenvalue weighted by Gasteiger charge is -2.14. The van der Waals surface area contributed by atoms with Crippen molar-refractivity contribution < 1.29 is 23.1 Å². The van der Waals surface area contributed by atoms with Gasteiger partial charge in [0.05, 0.1) is 16.2 Å². The van der Waals surface area contributed by atoms with E-state index in [4.69, 9.17) is 5.11 Å². The van der Waals surface area contributed by atoms with Gasteiger partial charge >= 0.3 is 5.97 Å². The van der Waals surface area contributed by atoms with Gasteiger partial charge in [0.1, 0.15) is 0 Å². The molecule has 0 spiro atoms. The highest BCUT2D eigenvalue weighted by atomic mass is 32.2. The molecule has 1 rings (SSSR count). The Morgan fingerprint density at radius 2 is 2.11 bits per heavy atom. The number of hydrogen-bond acceptors (Lipinski definition) is 5. The van der Waals surface area contributed by atoms with E-state index < -0.39 is 21.9 Å². The molecule has 1 amide bonds. The zero-order chi connectivity index (χ0) is 14.6. The summed E-state index contributed by atoms with van der Waals surface area (Å²) < 4.78 is 25.2. The summed E-state index contributed by atoms with van der Waals surface area (Å²) in [7, 11) is -0.812. The van der Waals surface area contributed by atoms with E-state index in [0.717, 1.165) is 11.3 Å². The highest BCUT2D eigenvalue weighted by molar-refractivity contribution is 7.89. The van der Waals surface area contributed by atoms with E-state index in [-0.39, 0.29) is 22.7 Å². The first-order chi connectivity index (χ1) is 8.77. The second kappa shape index (κ2) is 6.13. The van der Waals surface area contributed by atoms with Crippen LogP contribution in [0.2, 0.25) is 0 Å². The summed E-state index contributed by atoms with van der Waals surface area (Å²) in [6, 6.07) is 1.27. The fraction of sp³-hybridized carbons (Fsp3) is 0.400. The van der Waals surface area contributed by atoms with Gasteiger partial charge in [-0.15, -0.1) is 11.3 Å². The van der Waals surface area contributed by atoms with Gasteiger partial charge in [-0.05, 0) is 13.1 Å². The zero-order valence-electron chi connectivity index (χ0n) is 10.4. The standard InChI is InChI=1S/C10H14N2O5S2/c1-11-19(16,17)7-5-8(18-6-7)10(15)12(2)4-3-9(13)14/h5-6,11H,3-4H2,1-2H3,(H,13,14). The van der Waals surface area contributed by atoms with Crippen LogP contribution in [0, 0.1) is 0 Å². The maximum atomic E-state index is 11.9. The van der Waals surface area contributed by atoms with Crippen LogP contribution in [-0.2, 0) is 14.8 Å². The summed E-state index contributed by atoms with van der Waals surface area (Å²) in [6.45, 7) is 0.0696. The fourth-order valence-electron chi connectivity index (χ4n) is 1.24. The SMILES string of the molecule is CNS(=O)(=O)c1csc(C(=O)N(C)CCC(=O)O)c1. The summed E-state index contributed by atoms with van der Waals surface area (Å²) >= 11 is 1.00. The minimum absolute atomic E-state index is 0.0231. The first kappa shape index (κ1) is 15.6. The van der Waals surface area contributed by atoms with E-state index in [1.165, 1.54) is 30.4 Å². The van der Waals surface area contributed by atoms with E-state index in [2.05, 4.69) is 4.72 Å². The van der Waals surface area contributed by atoms with Crippen LogP contribution < -0.4 is 4.72 Å². The summed E-state index contributed by atoms with van der Waals surface area (Å²) in [4.78, 5) is 23.8. The van der Waals surface area contributed by atoms with Crippen molar-refractivity contribution in [2.75, 3.05) is 20.6 Å². The highest BCUT2D eigenvalue weighted by Crippen LogP contribution is 2.20. The number of carbonyl (C=O) groups excluding carboxylic acids is 1. The number of rotatable bonds is 6. The number of carboxylic acid groups (broad SMARTS) is 1. The van der Waals surface area contributed by atoms with Crippen molar-refractivity contribution in [2.24, 2.45) is 0 Å². The van der Waals surface area contributed by atoms with Gasteiger partial charge in [-0.2, -0.15) is 0 Å². The van der Waals surface area contributed by atoms with Crippen molar-refractivity contribution in [2.45, 2.75) is 11.3 Å². The number of hydrogen-bond donors (Lipinski definition) is 2. The quantitative estimate of drug-likeness (QED) is 0.781. The smallest absolute Gasteiger partial charge is 0.305 e. The molecule has 0 saturated carbocycles. The van der Waals surface area contributed by atoms with Crippen LogP contribution in [0.4, 0.5) is 0 Å². The molecule has 0 unspecified atom stereocenters. The Kier molecular flexibility index (Phi) is 5.04. The zero-order valence-corrected chi connectivity index (χ0v) is 12.0. The number of sulfonamides is 1. The van der Waals surface area contributed by atoms with Crippen molar-refractivity contribution in [1.29, 1.82) is 0 Å². The van der Waals surface area contributed by atoms with Crippen LogP contribution in [0.25, 0.3) is 0 Å². The molecule has 1 aromatic rings. The molecular weight excluding hydrogens is 292 g/mol. The number of nitrogens with zero attached hydrogens (tertiary/aromatic N) is 1. The van der Waals surface area contributed by atoms with Crippen molar-refractivity contribution >= 4 is 33.2 Å². The maximum absolute atomic E-state index is 11.9. The third-order valence-electron chi connectivity index (χ3n) is 2.37. The maximum Gasteiger partial charge on any atom is 0.305 e. The largest absolute Gasteiger partial charge is 0.481 e. The Morgan fingerprint density at radius 3 is 2.63 bits per heavy atom. The lowest BCUT2D eigenvalue weighted by atomic mass is 10.3. The molecule has 0 aliphatic carbocycles. The second-order valence-electron chi connectivity index (χ2n) is 3.72. The number of carbonyl (C=O) groups is 2. The normalized spacial score (nSPS) is 11.3. The Morgan fingerprint density at radius 1 is 1.47 bits per heavy atom. The minimum Gasteiger partial charge on any atom is -0.481 e. The van der Waals surface area contributed by atoms with Crippen molar-refractivity contribution in [1.82, 2.24) is 9.62 Å². The molecule has 19 heavy (non-hydrogen) atoms. The monoisotopic (exact) mass is 306 g/mol. The topological polar surface area (TPSA) is 104 Å². The predicted molar refractivity (Wildman–Crippen MR) is 69.8 cm³/mol. The van der Waals surface area contributed by atoms with Crippen LogP contribution in [0.5, 0.6) is 0 Å². The number of nitrogens with one attached hydrogen (secondary N) is 1. The summed E-state index contributed by atoms with van der Waals surface area (Å²) in [5, 5.41) is 9.90. The summed E-state index contributed by atoms with van der Waals surface area (Å²) in [6.07, 6.45) is -0.157. The van der Waals surface area contributed by atoms with Crippen LogP contribution in [0.3, 0.4) is 0 Å². The van der Waals surface area contributed by atoms with Crippen LogP contribution >= 0.6 is 11.3 Å². The average Bonchev–Trinajstić information content (AvgIpc) is 2.85. The minimum atomic E-state index is -3.57. The van der Waals surface area contributed by atoms with E-state index >= 15 is 0 Å². The van der Waals surface area contributed by atoms with Gasteiger partial charge < -0.3 is 10.0 Å². The molecule has 0 atom stereocenters. The molecule has 9 heteroatoms. The molecule has 0 bridgehead atoms. The van der Waals surface area contributed by atoms with Crippen molar-refractivity contribution in [3.8, 4) is 0 Å². The first-order valence-electron chi connectivity index (χ1n) is 5.27. The molecule has 7 nitrogen and oxygen atoms in total. The molecular formula is C10H14N2O5S2.